The second-order valence-corrected chi connectivity index (χ2v) is 21.7. The number of allylic oxidation sites excluding steroid dienone is 3. The SMILES string of the molecule is C/C(=C\C=C\C(C)C(=O)SCCNC(=O)CCNC(=O)C(O)C(C)(C)COP(=O)(O)OP(=O)(O)OCC1OC(n2cnc3c(N)ncnc32)C(O)C1OP(=O)(O)O)C1CNC(C(=O)O)C1CC(=O)O. The van der Waals surface area contributed by atoms with Crippen LogP contribution in [0.25, 0.3) is 11.2 Å². The van der Waals surface area contributed by atoms with Crippen molar-refractivity contribution in [1.29, 1.82) is 0 Å². The highest BCUT2D eigenvalue weighted by atomic mass is 32.2. The van der Waals surface area contributed by atoms with Gasteiger partial charge in [0.25, 0.3) is 0 Å². The number of rotatable bonds is 26. The third-order valence-corrected chi connectivity index (χ3v) is 14.8. The smallest absolute Gasteiger partial charge is 0.481 e. The number of carbonyl (C=O) groups is 5. The van der Waals surface area contributed by atoms with Crippen LogP contribution < -0.4 is 21.7 Å². The number of amides is 2. The van der Waals surface area contributed by atoms with Gasteiger partial charge in [0.05, 0.1) is 26.0 Å². The van der Waals surface area contributed by atoms with Gasteiger partial charge >= 0.3 is 35.4 Å². The van der Waals surface area contributed by atoms with Crippen LogP contribution in [0, 0.1) is 23.2 Å². The number of hydrogen-bond acceptors (Lipinski definition) is 21. The molecule has 13 N–H and O–H groups in total. The van der Waals surface area contributed by atoms with Crippen molar-refractivity contribution < 1.29 is 100 Å². The lowest BCUT2D eigenvalue weighted by Crippen LogP contribution is -2.46. The zero-order valence-corrected chi connectivity index (χ0v) is 40.7. The molecule has 11 atom stereocenters. The van der Waals surface area contributed by atoms with E-state index in [0.29, 0.717) is 6.54 Å². The lowest BCUT2D eigenvalue weighted by Gasteiger charge is -2.30. The molecule has 2 fully saturated rings. The van der Waals surface area contributed by atoms with Gasteiger partial charge in [0.15, 0.2) is 22.8 Å². The number of phosphoric ester groups is 3. The molecule has 386 valence electrons. The highest BCUT2D eigenvalue weighted by molar-refractivity contribution is 8.13. The van der Waals surface area contributed by atoms with Gasteiger partial charge in [0.2, 0.25) is 11.8 Å². The Morgan fingerprint density at radius 1 is 1.06 bits per heavy atom. The van der Waals surface area contributed by atoms with Gasteiger partial charge in [-0.15, -0.1) is 0 Å². The van der Waals surface area contributed by atoms with Gasteiger partial charge in [-0.25, -0.2) is 28.6 Å². The normalized spacial score (nSPS) is 25.0. The minimum Gasteiger partial charge on any atom is -0.481 e. The van der Waals surface area contributed by atoms with Gasteiger partial charge in [0, 0.05) is 49.1 Å². The fourth-order valence-corrected chi connectivity index (χ4v) is 10.6. The Morgan fingerprint density at radius 3 is 2.39 bits per heavy atom. The molecule has 0 aliphatic carbocycles. The zero-order valence-electron chi connectivity index (χ0n) is 37.2. The molecule has 11 unspecified atom stereocenters. The monoisotopic (exact) mass is 1060 g/mol. The number of aliphatic hydroxyl groups excluding tert-OH is 2. The van der Waals surface area contributed by atoms with Crippen molar-refractivity contribution >= 4 is 81.1 Å². The average molecular weight is 1060 g/mol. The van der Waals surface area contributed by atoms with Crippen LogP contribution >= 0.6 is 35.2 Å². The van der Waals surface area contributed by atoms with Gasteiger partial charge in [-0.2, -0.15) is 4.31 Å². The summed E-state index contributed by atoms with van der Waals surface area (Å²) in [6, 6.07) is -0.991. The van der Waals surface area contributed by atoms with Crippen LogP contribution in [0.2, 0.25) is 0 Å². The molecule has 2 amide bonds. The van der Waals surface area contributed by atoms with E-state index in [1.807, 2.05) is 0 Å². The van der Waals surface area contributed by atoms with Gasteiger partial charge in [-0.1, -0.05) is 56.3 Å². The summed E-state index contributed by atoms with van der Waals surface area (Å²) in [6.45, 7) is 3.90. The number of aromatic nitrogens is 4. The maximum absolute atomic E-state index is 12.7. The number of aliphatic hydroxyl groups is 2. The second-order valence-electron chi connectivity index (χ2n) is 16.4. The minimum absolute atomic E-state index is 0.0137. The number of fused-ring (bicyclic) bond motifs is 1. The number of hydrogen-bond donors (Lipinski definition) is 12. The summed E-state index contributed by atoms with van der Waals surface area (Å²) in [5, 5.41) is 47.8. The van der Waals surface area contributed by atoms with Gasteiger partial charge in [-0.05, 0) is 12.8 Å². The van der Waals surface area contributed by atoms with Crippen LogP contribution in [-0.4, -0.2) is 157 Å². The van der Waals surface area contributed by atoms with Crippen molar-refractivity contribution in [1.82, 2.24) is 35.5 Å². The summed E-state index contributed by atoms with van der Waals surface area (Å²) in [7, 11) is -16.5. The van der Waals surface area contributed by atoms with E-state index >= 15 is 0 Å². The molecular weight excluding hydrogens is 1010 g/mol. The molecule has 69 heavy (non-hydrogen) atoms. The van der Waals surface area contributed by atoms with Gasteiger partial charge in [0.1, 0.15) is 42.3 Å². The van der Waals surface area contributed by atoms with Crippen molar-refractivity contribution in [3.05, 3.63) is 36.5 Å². The molecule has 2 saturated heterocycles. The molecular formula is C36H55N8O21P3S. The second kappa shape index (κ2) is 24.4. The molecule has 2 aromatic heterocycles. The highest BCUT2D eigenvalue weighted by Gasteiger charge is 2.50. The fraction of sp³-hybridized carbons (Fsp3) is 0.611. The highest BCUT2D eigenvalue weighted by Crippen LogP contribution is 2.61. The van der Waals surface area contributed by atoms with Crippen LogP contribution in [0.1, 0.15) is 46.8 Å². The molecule has 0 saturated carbocycles. The number of ether oxygens (including phenoxy) is 1. The number of aliphatic carboxylic acids is 2. The Hall–Kier alpha value is -4.06. The standard InChI is InChI=1S/C36H55N8O21P3S/c1-18(21-13-40-25(34(51)52)20(21)12-24(46)47)6-5-7-19(2)35(53)69-11-10-38-23(45)8-9-39-32(50)29(49)36(3,4)15-62-68(59,60)65-67(57,58)61-14-22-28(64-66(54,55)56)27(48)33(63-22)44-17-43-26-30(37)41-16-42-31(26)44/h5-7,16-17,19-22,25,27-29,33,40,48-49H,8-15H2,1-4H3,(H,38,45)(H,39,50)(H,46,47)(H,51,52)(H,57,58)(H,59,60)(H2,37,41,42)(H2,54,55,56)/b7-5+,18-6+. The largest absolute Gasteiger partial charge is 0.481 e. The number of nitrogens with one attached hydrogen (secondary N) is 3. The topological polar surface area (TPSA) is 450 Å². The van der Waals surface area contributed by atoms with Crippen LogP contribution in [0.4, 0.5) is 5.82 Å². The van der Waals surface area contributed by atoms with E-state index in [0.717, 1.165) is 34.6 Å². The van der Waals surface area contributed by atoms with Crippen molar-refractivity contribution in [3.63, 3.8) is 0 Å². The summed E-state index contributed by atoms with van der Waals surface area (Å²) in [4.78, 5) is 112. The molecule has 0 radical (unpaired) electrons. The average Bonchev–Trinajstić information content (AvgIpc) is 3.95. The number of anilines is 1. The number of imidazole rings is 1. The summed E-state index contributed by atoms with van der Waals surface area (Å²) in [5.74, 6) is -5.12. The molecule has 2 aromatic rings. The Labute approximate surface area is 397 Å². The van der Waals surface area contributed by atoms with E-state index < -0.39 is 114 Å². The summed E-state index contributed by atoms with van der Waals surface area (Å²) in [6.07, 6.45) is -2.50. The summed E-state index contributed by atoms with van der Waals surface area (Å²) in [5.41, 5.74) is 4.94. The first-order valence-corrected chi connectivity index (χ1v) is 26.1. The Morgan fingerprint density at radius 2 is 1.74 bits per heavy atom. The molecule has 4 rings (SSSR count). The van der Waals surface area contributed by atoms with Crippen molar-refractivity contribution in [2.24, 2.45) is 23.2 Å². The predicted molar refractivity (Wildman–Crippen MR) is 238 cm³/mol. The first-order chi connectivity index (χ1) is 32.0. The molecule has 2 aliphatic rings. The van der Waals surface area contributed by atoms with E-state index in [1.165, 1.54) is 13.8 Å². The van der Waals surface area contributed by atoms with Crippen molar-refractivity contribution in [2.75, 3.05) is 44.3 Å². The number of nitrogen functional groups attached to an aromatic ring is 1. The number of carboxylic acid groups (broad SMARTS) is 2. The molecule has 29 nitrogen and oxygen atoms in total. The van der Waals surface area contributed by atoms with Crippen molar-refractivity contribution in [3.8, 4) is 0 Å². The van der Waals surface area contributed by atoms with E-state index in [1.54, 1.807) is 32.1 Å². The maximum atomic E-state index is 12.7. The number of nitrogens with zero attached hydrogens (tertiary/aromatic N) is 4. The van der Waals surface area contributed by atoms with E-state index in [4.69, 9.17) is 19.5 Å². The molecule has 33 heteroatoms. The fourth-order valence-electron chi connectivity index (χ4n) is 7.01. The van der Waals surface area contributed by atoms with Gasteiger partial charge in [-0.3, -0.25) is 42.1 Å². The quantitative estimate of drug-likeness (QED) is 0.0323. The maximum Gasteiger partial charge on any atom is 0.481 e. The molecule has 2 aliphatic heterocycles. The van der Waals surface area contributed by atoms with E-state index in [-0.39, 0.29) is 59.7 Å². The third-order valence-electron chi connectivity index (χ3n) is 10.6. The molecule has 4 heterocycles. The number of phosphoric acid groups is 3. The lowest BCUT2D eigenvalue weighted by atomic mass is 9.83. The first kappa shape index (κ1) is 57.5. The molecule has 0 aromatic carbocycles. The Bertz CT molecular complexity index is 2400. The van der Waals surface area contributed by atoms with E-state index in [9.17, 15) is 77.7 Å². The first-order valence-electron chi connectivity index (χ1n) is 20.6. The predicted octanol–water partition coefficient (Wildman–Crippen LogP) is -0.433. The third kappa shape index (κ3) is 16.8. The summed E-state index contributed by atoms with van der Waals surface area (Å²) >= 11 is 0.961. The van der Waals surface area contributed by atoms with E-state index in [2.05, 4.69) is 39.7 Å². The van der Waals surface area contributed by atoms with Crippen LogP contribution in [0.5, 0.6) is 0 Å². The van der Waals surface area contributed by atoms with Crippen molar-refractivity contribution in [2.45, 2.75) is 77.2 Å². The Kier molecular flexibility index (Phi) is 20.3. The number of carbonyl (C=O) groups excluding carboxylic acids is 3. The van der Waals surface area contributed by atoms with Crippen LogP contribution in [-0.2, 0) is 60.3 Å². The number of nitrogens with two attached hydrogens (primary N) is 1. The summed E-state index contributed by atoms with van der Waals surface area (Å²) < 4.78 is 62.3. The number of carboxylic acids is 2. The van der Waals surface area contributed by atoms with Crippen LogP contribution in [0.15, 0.2) is 36.5 Å². The molecule has 0 spiro atoms. The van der Waals surface area contributed by atoms with Gasteiger partial charge < -0.3 is 66.4 Å². The molecule has 0 bridgehead atoms. The number of thioether (sulfide) groups is 1. The Balaban J connectivity index is 1.17. The zero-order chi connectivity index (χ0) is 51.6. The lowest BCUT2D eigenvalue weighted by molar-refractivity contribution is -0.142. The minimum atomic E-state index is -5.61. The van der Waals surface area contributed by atoms with Crippen LogP contribution in [0.3, 0.4) is 0 Å².